The first-order chi connectivity index (χ1) is 9.17. The largest absolute Gasteiger partial charge is 0.491 e. The lowest BCUT2D eigenvalue weighted by Gasteiger charge is -2.12. The first kappa shape index (κ1) is 15.4. The molecule has 4 nitrogen and oxygen atoms in total. The fraction of sp³-hybridized carbons (Fsp3) is 0.400. The lowest BCUT2D eigenvalue weighted by atomic mass is 10.1. The van der Waals surface area contributed by atoms with Crippen LogP contribution in [0.5, 0.6) is 5.75 Å². The van der Waals surface area contributed by atoms with E-state index in [2.05, 4.69) is 11.9 Å². The minimum atomic E-state index is -0.572. The number of ether oxygens (including phenoxy) is 1. The highest BCUT2D eigenvalue weighted by atomic mass is 16.5. The second kappa shape index (κ2) is 8.45. The summed E-state index contributed by atoms with van der Waals surface area (Å²) in [5, 5.41) is 12.7. The lowest BCUT2D eigenvalue weighted by Crippen LogP contribution is -2.31. The fourth-order valence-electron chi connectivity index (χ4n) is 1.54. The van der Waals surface area contributed by atoms with Gasteiger partial charge in [0.15, 0.2) is 5.78 Å². The van der Waals surface area contributed by atoms with Crippen molar-refractivity contribution in [3.63, 3.8) is 0 Å². The molecule has 0 aliphatic carbocycles. The van der Waals surface area contributed by atoms with Crippen LogP contribution < -0.4 is 10.1 Å². The van der Waals surface area contributed by atoms with Crippen LogP contribution in [-0.2, 0) is 0 Å². The van der Waals surface area contributed by atoms with Gasteiger partial charge in [0, 0.05) is 25.1 Å². The van der Waals surface area contributed by atoms with Gasteiger partial charge in [-0.1, -0.05) is 13.0 Å². The van der Waals surface area contributed by atoms with Gasteiger partial charge in [-0.25, -0.2) is 0 Å². The van der Waals surface area contributed by atoms with E-state index in [1.807, 2.05) is 6.92 Å². The van der Waals surface area contributed by atoms with E-state index >= 15 is 0 Å². The van der Waals surface area contributed by atoms with Crippen molar-refractivity contribution in [2.45, 2.75) is 19.4 Å². The van der Waals surface area contributed by atoms with Crippen LogP contribution in [0.4, 0.5) is 0 Å². The number of aliphatic hydroxyl groups is 1. The number of aliphatic hydroxyl groups excluding tert-OH is 1. The Kier molecular flexibility index (Phi) is 6.85. The van der Waals surface area contributed by atoms with Crippen molar-refractivity contribution < 1.29 is 14.6 Å². The molecule has 0 radical (unpaired) electrons. The van der Waals surface area contributed by atoms with Crippen molar-refractivity contribution >= 4 is 5.78 Å². The summed E-state index contributed by atoms with van der Waals surface area (Å²) in [6, 6.07) is 6.96. The van der Waals surface area contributed by atoms with Crippen LogP contribution in [0.3, 0.4) is 0 Å². The van der Waals surface area contributed by atoms with Gasteiger partial charge < -0.3 is 15.2 Å². The highest BCUT2D eigenvalue weighted by Gasteiger charge is 2.06. The predicted molar refractivity (Wildman–Crippen MR) is 75.6 cm³/mol. The molecule has 4 heteroatoms. The molecule has 0 heterocycles. The number of carbonyl (C=O) groups is 1. The van der Waals surface area contributed by atoms with Crippen LogP contribution in [0.1, 0.15) is 23.7 Å². The first-order valence-corrected chi connectivity index (χ1v) is 6.43. The Labute approximate surface area is 114 Å². The molecule has 0 amide bonds. The molecule has 1 aromatic carbocycles. The van der Waals surface area contributed by atoms with Crippen molar-refractivity contribution in [1.29, 1.82) is 0 Å². The summed E-state index contributed by atoms with van der Waals surface area (Å²) in [7, 11) is 0. The quantitative estimate of drug-likeness (QED) is 0.405. The molecule has 0 aromatic heterocycles. The lowest BCUT2D eigenvalue weighted by molar-refractivity contribution is 0.0987. The molecule has 1 atom stereocenters. The van der Waals surface area contributed by atoms with E-state index in [1.165, 1.54) is 0 Å². The van der Waals surface area contributed by atoms with E-state index in [4.69, 9.17) is 4.74 Å². The van der Waals surface area contributed by atoms with Crippen molar-refractivity contribution in [2.75, 3.05) is 19.7 Å². The van der Waals surface area contributed by atoms with Crippen LogP contribution in [0, 0.1) is 0 Å². The Hall–Kier alpha value is -1.65. The van der Waals surface area contributed by atoms with E-state index in [9.17, 15) is 9.90 Å². The highest BCUT2D eigenvalue weighted by Crippen LogP contribution is 2.13. The predicted octanol–water partition coefficient (Wildman–Crippen LogP) is 1.79. The summed E-state index contributed by atoms with van der Waals surface area (Å²) in [6.45, 7) is 6.74. The number of nitrogens with one attached hydrogen (secondary N) is 1. The number of rotatable bonds is 9. The second-order valence-electron chi connectivity index (χ2n) is 4.21. The van der Waals surface area contributed by atoms with Gasteiger partial charge in [0.05, 0.1) is 0 Å². The smallest absolute Gasteiger partial charge is 0.162 e. The molecule has 0 aliphatic heterocycles. The summed E-state index contributed by atoms with van der Waals surface area (Å²) < 4.78 is 5.44. The number of hydrogen-bond donors (Lipinski definition) is 2. The van der Waals surface area contributed by atoms with Gasteiger partial charge in [-0.3, -0.25) is 4.79 Å². The zero-order chi connectivity index (χ0) is 14.1. The molecule has 0 saturated carbocycles. The third-order valence-electron chi connectivity index (χ3n) is 2.61. The van der Waals surface area contributed by atoms with Crippen molar-refractivity contribution in [3.05, 3.63) is 42.5 Å². The highest BCUT2D eigenvalue weighted by molar-refractivity contribution is 5.95. The molecule has 0 spiro atoms. The van der Waals surface area contributed by atoms with Crippen molar-refractivity contribution in [1.82, 2.24) is 5.32 Å². The fourth-order valence-corrected chi connectivity index (χ4v) is 1.54. The molecule has 1 rings (SSSR count). The summed E-state index contributed by atoms with van der Waals surface area (Å²) in [5.41, 5.74) is 0.683. The Balaban J connectivity index is 2.37. The average Bonchev–Trinajstić information content (AvgIpc) is 2.45. The van der Waals surface area contributed by atoms with Crippen LogP contribution in [0.15, 0.2) is 36.9 Å². The van der Waals surface area contributed by atoms with E-state index in [0.29, 0.717) is 30.8 Å². The Morgan fingerprint density at radius 2 is 2.16 bits per heavy atom. The summed E-state index contributed by atoms with van der Waals surface area (Å²) in [5.74, 6) is 0.760. The minimum absolute atomic E-state index is 0.111. The maximum atomic E-state index is 11.4. The Morgan fingerprint density at radius 1 is 1.47 bits per heavy atom. The third kappa shape index (κ3) is 5.68. The van der Waals surface area contributed by atoms with E-state index in [-0.39, 0.29) is 12.4 Å². The molecule has 1 unspecified atom stereocenters. The van der Waals surface area contributed by atoms with Crippen molar-refractivity contribution in [2.24, 2.45) is 0 Å². The molecule has 0 fully saturated rings. The van der Waals surface area contributed by atoms with Crippen LogP contribution in [0.25, 0.3) is 0 Å². The van der Waals surface area contributed by atoms with E-state index in [1.54, 1.807) is 30.3 Å². The number of hydrogen-bond acceptors (Lipinski definition) is 4. The van der Waals surface area contributed by atoms with Crippen molar-refractivity contribution in [3.8, 4) is 5.75 Å². The SMILES string of the molecule is C=CCNCC(O)COc1ccc(C(=O)CC)cc1. The zero-order valence-electron chi connectivity index (χ0n) is 11.3. The molecule has 19 heavy (non-hydrogen) atoms. The summed E-state index contributed by atoms with van der Waals surface area (Å²) in [4.78, 5) is 11.4. The van der Waals surface area contributed by atoms with Gasteiger partial charge in [0.1, 0.15) is 18.5 Å². The molecule has 1 aromatic rings. The topological polar surface area (TPSA) is 58.6 Å². The molecule has 104 valence electrons. The third-order valence-corrected chi connectivity index (χ3v) is 2.61. The van der Waals surface area contributed by atoms with Gasteiger partial charge in [0.25, 0.3) is 0 Å². The molecule has 0 aliphatic rings. The van der Waals surface area contributed by atoms with Gasteiger partial charge in [-0.05, 0) is 24.3 Å². The molecular formula is C15H21NO3. The number of benzene rings is 1. The molecule has 0 saturated heterocycles. The monoisotopic (exact) mass is 263 g/mol. The first-order valence-electron chi connectivity index (χ1n) is 6.43. The van der Waals surface area contributed by atoms with Gasteiger partial charge in [-0.2, -0.15) is 0 Å². The van der Waals surface area contributed by atoms with Crippen LogP contribution in [0.2, 0.25) is 0 Å². The maximum Gasteiger partial charge on any atom is 0.162 e. The maximum absolute atomic E-state index is 11.4. The Bertz CT molecular complexity index is 400. The number of ketones is 1. The van der Waals surface area contributed by atoms with E-state index < -0.39 is 6.10 Å². The van der Waals surface area contributed by atoms with Gasteiger partial charge in [-0.15, -0.1) is 6.58 Å². The summed E-state index contributed by atoms with van der Waals surface area (Å²) >= 11 is 0. The van der Waals surface area contributed by atoms with Gasteiger partial charge >= 0.3 is 0 Å². The number of carbonyl (C=O) groups excluding carboxylic acids is 1. The average molecular weight is 263 g/mol. The Morgan fingerprint density at radius 3 is 2.74 bits per heavy atom. The van der Waals surface area contributed by atoms with Gasteiger partial charge in [0.2, 0.25) is 0 Å². The second-order valence-corrected chi connectivity index (χ2v) is 4.21. The molecule has 2 N–H and O–H groups in total. The van der Waals surface area contributed by atoms with E-state index in [0.717, 1.165) is 0 Å². The minimum Gasteiger partial charge on any atom is -0.491 e. The zero-order valence-corrected chi connectivity index (χ0v) is 11.3. The number of Topliss-reactive ketones (excluding diaryl/α,β-unsaturated/α-hetero) is 1. The normalized spacial score (nSPS) is 11.9. The van der Waals surface area contributed by atoms with Crippen LogP contribution in [-0.4, -0.2) is 36.7 Å². The molecule has 0 bridgehead atoms. The summed E-state index contributed by atoms with van der Waals surface area (Å²) in [6.07, 6.45) is 1.65. The standard InChI is InChI=1S/C15H21NO3/c1-3-9-16-10-13(17)11-19-14-7-5-12(6-8-14)15(18)4-2/h3,5-8,13,16-17H,1,4,9-11H2,2H3. The molecular weight excluding hydrogens is 242 g/mol. The van der Waals surface area contributed by atoms with Crippen LogP contribution >= 0.6 is 0 Å².